The molecule has 20 heavy (non-hydrogen) atoms. The number of rotatable bonds is 4. The van der Waals surface area contributed by atoms with Gasteiger partial charge < -0.3 is 15.0 Å². The minimum absolute atomic E-state index is 0.0869. The number of hydrogen-bond donors (Lipinski definition) is 1. The fraction of sp³-hybridized carbons (Fsp3) is 0.429. The Hall–Kier alpha value is -1.82. The second-order valence-corrected chi connectivity index (χ2v) is 5.81. The number of anilines is 1. The lowest BCUT2D eigenvalue weighted by Crippen LogP contribution is -2.53. The molecular formula is C14H17N3O2S. The van der Waals surface area contributed by atoms with Crippen LogP contribution in [-0.2, 0) is 4.79 Å². The highest BCUT2D eigenvalue weighted by molar-refractivity contribution is 7.22. The van der Waals surface area contributed by atoms with Gasteiger partial charge in [-0.2, -0.15) is 0 Å². The Morgan fingerprint density at radius 3 is 3.05 bits per heavy atom. The molecule has 1 fully saturated rings. The van der Waals surface area contributed by atoms with Crippen molar-refractivity contribution in [1.82, 2.24) is 10.3 Å². The summed E-state index contributed by atoms with van der Waals surface area (Å²) in [5.74, 6) is 1.03. The van der Waals surface area contributed by atoms with E-state index in [0.29, 0.717) is 6.54 Å². The number of amides is 1. The van der Waals surface area contributed by atoms with Crippen LogP contribution in [0.4, 0.5) is 5.13 Å². The summed E-state index contributed by atoms with van der Waals surface area (Å²) < 4.78 is 6.44. The lowest BCUT2D eigenvalue weighted by atomic mass is 10.0. The lowest BCUT2D eigenvalue weighted by Gasteiger charge is -2.37. The molecular weight excluding hydrogens is 274 g/mol. The Bertz CT molecular complexity index is 634. The zero-order valence-electron chi connectivity index (χ0n) is 11.5. The van der Waals surface area contributed by atoms with Crippen LogP contribution in [0.15, 0.2) is 18.2 Å². The second-order valence-electron chi connectivity index (χ2n) is 4.80. The Kier molecular flexibility index (Phi) is 3.48. The van der Waals surface area contributed by atoms with E-state index in [1.54, 1.807) is 18.4 Å². The van der Waals surface area contributed by atoms with Crippen molar-refractivity contribution in [1.29, 1.82) is 0 Å². The smallest absolute Gasteiger partial charge is 0.226 e. The number of carbonyl (C=O) groups is 1. The van der Waals surface area contributed by atoms with Crippen LogP contribution in [0.3, 0.4) is 0 Å². The molecule has 0 radical (unpaired) electrons. The van der Waals surface area contributed by atoms with E-state index in [1.165, 1.54) is 0 Å². The molecule has 2 aromatic rings. The summed E-state index contributed by atoms with van der Waals surface area (Å²) in [6, 6.07) is 5.93. The quantitative estimate of drug-likeness (QED) is 0.934. The molecule has 1 aromatic heterocycles. The fourth-order valence-corrected chi connectivity index (χ4v) is 3.33. The van der Waals surface area contributed by atoms with Crippen LogP contribution < -0.4 is 15.0 Å². The van der Waals surface area contributed by atoms with E-state index in [4.69, 9.17) is 4.74 Å². The number of carbonyl (C=O) groups excluding carboxylic acids is 1. The largest absolute Gasteiger partial charge is 0.494 e. The van der Waals surface area contributed by atoms with Crippen molar-refractivity contribution in [2.24, 2.45) is 5.92 Å². The molecule has 0 spiro atoms. The Labute approximate surface area is 121 Å². The summed E-state index contributed by atoms with van der Waals surface area (Å²) in [5, 5.41) is 3.82. The monoisotopic (exact) mass is 291 g/mol. The van der Waals surface area contributed by atoms with E-state index in [1.807, 2.05) is 25.1 Å². The zero-order chi connectivity index (χ0) is 14.1. The third-order valence-electron chi connectivity index (χ3n) is 3.46. The molecule has 1 N–H and O–H groups in total. The summed E-state index contributed by atoms with van der Waals surface area (Å²) in [6.07, 6.45) is 0. The van der Waals surface area contributed by atoms with Crippen molar-refractivity contribution < 1.29 is 9.53 Å². The highest BCUT2D eigenvalue weighted by atomic mass is 32.1. The van der Waals surface area contributed by atoms with Crippen LogP contribution in [0.1, 0.15) is 6.92 Å². The first-order valence-electron chi connectivity index (χ1n) is 6.69. The first kappa shape index (κ1) is 13.2. The molecule has 0 atom stereocenters. The number of nitrogens with zero attached hydrogens (tertiary/aromatic N) is 2. The van der Waals surface area contributed by atoms with Crippen molar-refractivity contribution in [3.05, 3.63) is 18.2 Å². The standard InChI is InChI=1S/C14H17N3O2S/c1-3-15-13(18)9-7-17(8-9)14-16-12-10(19-2)5-4-6-11(12)20-14/h4-6,9H,3,7-8H2,1-2H3,(H,15,18). The van der Waals surface area contributed by atoms with Gasteiger partial charge in [0.05, 0.1) is 17.7 Å². The van der Waals surface area contributed by atoms with Crippen molar-refractivity contribution in [2.75, 3.05) is 31.6 Å². The minimum atomic E-state index is 0.0869. The molecule has 1 amide bonds. The Balaban J connectivity index is 1.75. The van der Waals surface area contributed by atoms with E-state index in [2.05, 4.69) is 15.2 Å². The van der Waals surface area contributed by atoms with Gasteiger partial charge in [0.25, 0.3) is 0 Å². The maximum Gasteiger partial charge on any atom is 0.226 e. The van der Waals surface area contributed by atoms with E-state index < -0.39 is 0 Å². The van der Waals surface area contributed by atoms with Crippen LogP contribution in [0, 0.1) is 5.92 Å². The van der Waals surface area contributed by atoms with Crippen LogP contribution in [0.2, 0.25) is 0 Å². The minimum Gasteiger partial charge on any atom is -0.494 e. The number of para-hydroxylation sites is 1. The summed E-state index contributed by atoms with van der Waals surface area (Å²) >= 11 is 1.64. The van der Waals surface area contributed by atoms with E-state index in [-0.39, 0.29) is 11.8 Å². The van der Waals surface area contributed by atoms with Gasteiger partial charge in [-0.15, -0.1) is 0 Å². The molecule has 1 aliphatic heterocycles. The first-order valence-corrected chi connectivity index (χ1v) is 7.50. The van der Waals surface area contributed by atoms with Gasteiger partial charge in [0.15, 0.2) is 5.13 Å². The topological polar surface area (TPSA) is 54.5 Å². The molecule has 0 unspecified atom stereocenters. The predicted octanol–water partition coefficient (Wildman–Crippen LogP) is 1.88. The molecule has 0 bridgehead atoms. The van der Waals surface area contributed by atoms with E-state index in [9.17, 15) is 4.79 Å². The van der Waals surface area contributed by atoms with Crippen LogP contribution in [0.25, 0.3) is 10.2 Å². The first-order chi connectivity index (χ1) is 9.72. The lowest BCUT2D eigenvalue weighted by molar-refractivity contribution is -0.125. The predicted molar refractivity (Wildman–Crippen MR) is 80.6 cm³/mol. The SMILES string of the molecule is CCNC(=O)C1CN(c2nc3c(OC)cccc3s2)C1. The van der Waals surface area contributed by atoms with Crippen LogP contribution in [0.5, 0.6) is 5.75 Å². The molecule has 1 saturated heterocycles. The number of fused-ring (bicyclic) bond motifs is 1. The number of aromatic nitrogens is 1. The second kappa shape index (κ2) is 5.28. The van der Waals surface area contributed by atoms with Gasteiger partial charge in [0.2, 0.25) is 5.91 Å². The van der Waals surface area contributed by atoms with Gasteiger partial charge in [-0.3, -0.25) is 4.79 Å². The molecule has 5 nitrogen and oxygen atoms in total. The zero-order valence-corrected chi connectivity index (χ0v) is 12.4. The number of hydrogen-bond acceptors (Lipinski definition) is 5. The van der Waals surface area contributed by atoms with Gasteiger partial charge in [0.1, 0.15) is 11.3 Å². The Morgan fingerprint density at radius 2 is 2.35 bits per heavy atom. The third-order valence-corrected chi connectivity index (χ3v) is 4.55. The van der Waals surface area contributed by atoms with Crippen molar-refractivity contribution in [3.63, 3.8) is 0 Å². The Morgan fingerprint density at radius 1 is 1.55 bits per heavy atom. The molecule has 3 rings (SSSR count). The number of methoxy groups -OCH3 is 1. The van der Waals surface area contributed by atoms with Crippen molar-refractivity contribution >= 4 is 32.6 Å². The maximum atomic E-state index is 11.7. The van der Waals surface area contributed by atoms with Crippen molar-refractivity contribution in [2.45, 2.75) is 6.92 Å². The number of benzene rings is 1. The van der Waals surface area contributed by atoms with Crippen LogP contribution in [-0.4, -0.2) is 37.6 Å². The van der Waals surface area contributed by atoms with Gasteiger partial charge in [0, 0.05) is 19.6 Å². The van der Waals surface area contributed by atoms with Crippen LogP contribution >= 0.6 is 11.3 Å². The summed E-state index contributed by atoms with van der Waals surface area (Å²) in [4.78, 5) is 18.5. The average molecular weight is 291 g/mol. The molecule has 1 aliphatic rings. The van der Waals surface area contributed by atoms with E-state index in [0.717, 1.165) is 34.2 Å². The van der Waals surface area contributed by atoms with Gasteiger partial charge in [-0.05, 0) is 19.1 Å². The van der Waals surface area contributed by atoms with E-state index >= 15 is 0 Å². The molecule has 6 heteroatoms. The third kappa shape index (κ3) is 2.20. The summed E-state index contributed by atoms with van der Waals surface area (Å²) in [7, 11) is 1.66. The van der Waals surface area contributed by atoms with Gasteiger partial charge in [-0.1, -0.05) is 17.4 Å². The highest BCUT2D eigenvalue weighted by Gasteiger charge is 2.34. The van der Waals surface area contributed by atoms with Gasteiger partial charge in [-0.25, -0.2) is 4.98 Å². The van der Waals surface area contributed by atoms with Crippen molar-refractivity contribution in [3.8, 4) is 5.75 Å². The number of nitrogens with one attached hydrogen (secondary N) is 1. The van der Waals surface area contributed by atoms with Gasteiger partial charge >= 0.3 is 0 Å². The molecule has 2 heterocycles. The normalized spacial score (nSPS) is 15.2. The molecule has 0 saturated carbocycles. The molecule has 106 valence electrons. The summed E-state index contributed by atoms with van der Waals surface area (Å²) in [5.41, 5.74) is 0.899. The molecule has 0 aliphatic carbocycles. The number of ether oxygens (including phenoxy) is 1. The maximum absolute atomic E-state index is 11.7. The highest BCUT2D eigenvalue weighted by Crippen LogP contribution is 2.36. The molecule has 1 aromatic carbocycles. The number of thiazole rings is 1. The average Bonchev–Trinajstić information content (AvgIpc) is 2.80. The fourth-order valence-electron chi connectivity index (χ4n) is 2.33. The summed E-state index contributed by atoms with van der Waals surface area (Å²) in [6.45, 7) is 4.11.